The predicted molar refractivity (Wildman–Crippen MR) is 118 cm³/mol. The predicted octanol–water partition coefficient (Wildman–Crippen LogP) is 4.67. The Morgan fingerprint density at radius 2 is 1.56 bits per heavy atom. The summed E-state index contributed by atoms with van der Waals surface area (Å²) in [6, 6.07) is 8.25. The lowest BCUT2D eigenvalue weighted by atomic mass is 9.77. The van der Waals surface area contributed by atoms with Crippen LogP contribution in [0.5, 0.6) is 28.7 Å². The standard InChI is InChI=1S/C20H8Br2N2O10/c21-13-15(25)11(23(28)29)5-9-17(13)32-18-10(6-12(34-24(30)31)16(26)14(18)22)20(9)8-4-2-1-3-7(8)19(27)33-20/h1-6,25-26H. The number of aromatic hydroxyl groups is 2. The summed E-state index contributed by atoms with van der Waals surface area (Å²) < 4.78 is 11.3. The number of halogens is 2. The molecule has 14 heteroatoms. The molecule has 1 unspecified atom stereocenters. The Morgan fingerprint density at radius 1 is 0.941 bits per heavy atom. The number of carbonyl (C=O) groups excluding carboxylic acids is 1. The lowest BCUT2D eigenvalue weighted by Gasteiger charge is -2.37. The van der Waals surface area contributed by atoms with Crippen molar-refractivity contribution in [3.05, 3.63) is 87.8 Å². The number of phenolic OH excluding ortho intramolecular Hbond substituents is 2. The first-order chi connectivity index (χ1) is 16.1. The Bertz CT molecular complexity index is 1470. The van der Waals surface area contributed by atoms with Crippen molar-refractivity contribution in [3.8, 4) is 28.7 Å². The van der Waals surface area contributed by atoms with Crippen molar-refractivity contribution in [3.63, 3.8) is 0 Å². The maximum absolute atomic E-state index is 12.9. The summed E-state index contributed by atoms with van der Waals surface area (Å²) in [5.74, 6) is -3.07. The van der Waals surface area contributed by atoms with Gasteiger partial charge in [-0.1, -0.05) is 18.2 Å². The maximum atomic E-state index is 12.9. The van der Waals surface area contributed by atoms with Crippen molar-refractivity contribution in [2.24, 2.45) is 0 Å². The van der Waals surface area contributed by atoms with Gasteiger partial charge in [0.2, 0.25) is 5.75 Å². The first-order valence-electron chi connectivity index (χ1n) is 9.17. The summed E-state index contributed by atoms with van der Waals surface area (Å²) in [4.78, 5) is 39.2. The summed E-state index contributed by atoms with van der Waals surface area (Å²) in [5, 5.41) is 42.3. The molecule has 0 bridgehead atoms. The van der Waals surface area contributed by atoms with Crippen molar-refractivity contribution >= 4 is 43.5 Å². The van der Waals surface area contributed by atoms with Crippen molar-refractivity contribution in [1.29, 1.82) is 0 Å². The van der Waals surface area contributed by atoms with Crippen molar-refractivity contribution < 1.29 is 39.3 Å². The van der Waals surface area contributed by atoms with E-state index in [-0.39, 0.29) is 42.7 Å². The zero-order chi connectivity index (χ0) is 24.5. The number of hydrogen-bond acceptors (Lipinski definition) is 10. The van der Waals surface area contributed by atoms with E-state index in [0.717, 1.165) is 12.1 Å². The smallest absolute Gasteiger partial charge is 0.340 e. The van der Waals surface area contributed by atoms with Crippen LogP contribution in [0.15, 0.2) is 45.3 Å². The molecule has 0 aliphatic carbocycles. The summed E-state index contributed by atoms with van der Waals surface area (Å²) in [5.41, 5.74) is -2.29. The Morgan fingerprint density at radius 3 is 2.21 bits per heavy atom. The van der Waals surface area contributed by atoms with Gasteiger partial charge in [0.25, 0.3) is 5.09 Å². The molecule has 12 nitrogen and oxygen atoms in total. The van der Waals surface area contributed by atoms with Gasteiger partial charge in [-0.3, -0.25) is 15.0 Å². The Hall–Kier alpha value is -3.91. The molecule has 2 heterocycles. The van der Waals surface area contributed by atoms with E-state index < -0.39 is 44.5 Å². The third-order valence-electron chi connectivity index (χ3n) is 5.44. The van der Waals surface area contributed by atoms with E-state index >= 15 is 0 Å². The van der Waals surface area contributed by atoms with Crippen molar-refractivity contribution in [2.75, 3.05) is 0 Å². The van der Waals surface area contributed by atoms with Crippen LogP contribution in [0.2, 0.25) is 0 Å². The quantitative estimate of drug-likeness (QED) is 0.246. The fraction of sp³-hybridized carbons (Fsp3) is 0.0500. The largest absolute Gasteiger partial charge is 0.504 e. The van der Waals surface area contributed by atoms with Gasteiger partial charge < -0.3 is 19.7 Å². The summed E-state index contributed by atoms with van der Waals surface area (Å²) in [6.07, 6.45) is 0. The molecule has 5 rings (SSSR count). The first-order valence-corrected chi connectivity index (χ1v) is 10.8. The number of hydrogen-bond donors (Lipinski definition) is 2. The zero-order valence-corrected chi connectivity index (χ0v) is 19.4. The van der Waals surface area contributed by atoms with Crippen molar-refractivity contribution in [2.45, 2.75) is 5.60 Å². The van der Waals surface area contributed by atoms with Crippen LogP contribution in [-0.4, -0.2) is 26.2 Å². The summed E-state index contributed by atoms with van der Waals surface area (Å²) in [7, 11) is 0. The number of nitro benzene ring substituents is 1. The van der Waals surface area contributed by atoms with Crippen LogP contribution in [0.1, 0.15) is 27.0 Å². The highest BCUT2D eigenvalue weighted by atomic mass is 79.9. The molecule has 2 aliphatic heterocycles. The summed E-state index contributed by atoms with van der Waals surface area (Å²) >= 11 is 6.22. The minimum absolute atomic E-state index is 0.0216. The molecule has 1 atom stereocenters. The van der Waals surface area contributed by atoms with E-state index in [1.54, 1.807) is 18.2 Å². The average molecular weight is 596 g/mol. The summed E-state index contributed by atoms with van der Waals surface area (Å²) in [6.45, 7) is 0. The van der Waals surface area contributed by atoms with Crippen LogP contribution in [0.4, 0.5) is 5.69 Å². The average Bonchev–Trinajstić information content (AvgIpc) is 3.08. The number of phenols is 2. The number of benzene rings is 3. The minimum atomic E-state index is -1.90. The number of carbonyl (C=O) groups is 1. The highest BCUT2D eigenvalue weighted by molar-refractivity contribution is 9.11. The van der Waals surface area contributed by atoms with Gasteiger partial charge in [0.1, 0.15) is 8.95 Å². The normalized spacial score (nSPS) is 17.3. The van der Waals surface area contributed by atoms with Gasteiger partial charge in [-0.25, -0.2) is 4.79 Å². The highest BCUT2D eigenvalue weighted by Gasteiger charge is 2.56. The molecule has 3 aromatic rings. The lowest BCUT2D eigenvalue weighted by molar-refractivity contribution is -0.711. The molecule has 2 N–H and O–H groups in total. The van der Waals surface area contributed by atoms with Gasteiger partial charge in [-0.05, 0) is 44.0 Å². The highest BCUT2D eigenvalue weighted by Crippen LogP contribution is 2.63. The van der Waals surface area contributed by atoms with Gasteiger partial charge in [-0.15, -0.1) is 10.1 Å². The van der Waals surface area contributed by atoms with Crippen LogP contribution in [0.25, 0.3) is 0 Å². The third-order valence-corrected chi connectivity index (χ3v) is 6.91. The fourth-order valence-electron chi connectivity index (χ4n) is 4.08. The van der Waals surface area contributed by atoms with E-state index in [9.17, 15) is 35.2 Å². The minimum Gasteiger partial charge on any atom is -0.504 e. The van der Waals surface area contributed by atoms with Gasteiger partial charge >= 0.3 is 11.7 Å². The van der Waals surface area contributed by atoms with Gasteiger partial charge in [0.05, 0.1) is 21.6 Å². The Kier molecular flexibility index (Phi) is 4.70. The number of esters is 1. The molecule has 0 aromatic heterocycles. The van der Waals surface area contributed by atoms with Crippen molar-refractivity contribution in [1.82, 2.24) is 0 Å². The number of nitrogens with zero attached hydrogens (tertiary/aromatic N) is 2. The Balaban J connectivity index is 1.96. The number of rotatable bonds is 3. The topological polar surface area (TPSA) is 172 Å². The molecule has 3 aromatic carbocycles. The maximum Gasteiger partial charge on any atom is 0.340 e. The molecule has 0 saturated carbocycles. The second-order valence-corrected chi connectivity index (χ2v) is 8.73. The van der Waals surface area contributed by atoms with E-state index in [1.807, 2.05) is 0 Å². The van der Waals surface area contributed by atoms with E-state index in [4.69, 9.17) is 9.47 Å². The van der Waals surface area contributed by atoms with E-state index in [0.29, 0.717) is 0 Å². The molecule has 2 aliphatic rings. The van der Waals surface area contributed by atoms with Gasteiger partial charge in [0.15, 0.2) is 28.6 Å². The van der Waals surface area contributed by atoms with Gasteiger partial charge in [-0.2, -0.15) is 0 Å². The van der Waals surface area contributed by atoms with Crippen LogP contribution >= 0.6 is 31.9 Å². The zero-order valence-electron chi connectivity index (χ0n) is 16.3. The van der Waals surface area contributed by atoms with Crippen LogP contribution in [0, 0.1) is 20.2 Å². The second-order valence-electron chi connectivity index (χ2n) is 7.14. The number of ether oxygens (including phenoxy) is 2. The van der Waals surface area contributed by atoms with Crippen LogP contribution in [0.3, 0.4) is 0 Å². The third kappa shape index (κ3) is 2.78. The molecule has 1 spiro atoms. The molecule has 0 amide bonds. The van der Waals surface area contributed by atoms with Crippen LogP contribution < -0.4 is 9.57 Å². The molecule has 34 heavy (non-hydrogen) atoms. The van der Waals surface area contributed by atoms with Gasteiger partial charge in [0, 0.05) is 11.6 Å². The lowest BCUT2D eigenvalue weighted by Crippen LogP contribution is -2.33. The number of nitro groups is 1. The monoisotopic (exact) mass is 594 g/mol. The fourth-order valence-corrected chi connectivity index (χ4v) is 5.07. The molecule has 0 fully saturated rings. The molecule has 0 radical (unpaired) electrons. The first kappa shape index (κ1) is 21.9. The molecular weight excluding hydrogens is 588 g/mol. The van der Waals surface area contributed by atoms with E-state index in [1.165, 1.54) is 6.07 Å². The molecule has 172 valence electrons. The molecular formula is C20H8Br2N2O10. The second kappa shape index (κ2) is 7.30. The SMILES string of the molecule is O=C1OC2(c3ccccc31)c1cc(O[N+](=O)[O-])c(O)c(Br)c1Oc1c2cc([N+](=O)[O-])c(O)c1Br. The molecule has 0 saturated heterocycles. The Labute approximate surface area is 204 Å². The number of fused-ring (bicyclic) bond motifs is 6. The van der Waals surface area contributed by atoms with E-state index in [2.05, 4.69) is 36.7 Å². The van der Waals surface area contributed by atoms with Crippen LogP contribution in [-0.2, 0) is 10.3 Å².